The lowest BCUT2D eigenvalue weighted by molar-refractivity contribution is -0.124. The van der Waals surface area contributed by atoms with E-state index in [9.17, 15) is 18.8 Å². The maximum atomic E-state index is 14.2. The molecule has 2 aliphatic carbocycles. The van der Waals surface area contributed by atoms with Gasteiger partial charge in [-0.15, -0.1) is 0 Å². The Bertz CT molecular complexity index is 1500. The van der Waals surface area contributed by atoms with E-state index < -0.39 is 16.8 Å². The second-order valence-electron chi connectivity index (χ2n) is 11.0. The molecule has 1 amide bonds. The minimum Gasteiger partial charge on any atom is -0.497 e. The number of hydrogen-bond donors (Lipinski definition) is 1. The summed E-state index contributed by atoms with van der Waals surface area (Å²) in [6.07, 6.45) is 6.84. The van der Waals surface area contributed by atoms with E-state index in [1.807, 2.05) is 36.0 Å². The Kier molecular flexibility index (Phi) is 6.99. The normalized spacial score (nSPS) is 22.9. The molecule has 2 saturated carbocycles. The second-order valence-corrected chi connectivity index (χ2v) is 12.2. The number of methoxy groups -OCH3 is 1. The number of ether oxygens (including phenoxy) is 1. The monoisotopic (exact) mass is 552 g/mol. The van der Waals surface area contributed by atoms with Gasteiger partial charge in [-0.2, -0.15) is 11.8 Å². The summed E-state index contributed by atoms with van der Waals surface area (Å²) >= 11 is 1.85. The van der Waals surface area contributed by atoms with Gasteiger partial charge >= 0.3 is 5.69 Å². The van der Waals surface area contributed by atoms with Crippen LogP contribution < -0.4 is 21.3 Å². The highest BCUT2D eigenvalue weighted by Gasteiger charge is 2.51. The van der Waals surface area contributed by atoms with Gasteiger partial charge in [-0.3, -0.25) is 18.7 Å². The van der Waals surface area contributed by atoms with Crippen LogP contribution in [0.4, 0.5) is 4.39 Å². The topological polar surface area (TPSA) is 95.2 Å². The lowest BCUT2D eigenvalue weighted by atomic mass is 9.89. The van der Waals surface area contributed by atoms with Gasteiger partial charge < -0.3 is 10.1 Å². The van der Waals surface area contributed by atoms with Crippen LogP contribution in [0.5, 0.6) is 5.75 Å². The van der Waals surface area contributed by atoms with E-state index in [0.717, 1.165) is 54.7 Å². The molecule has 0 spiro atoms. The first-order valence-corrected chi connectivity index (χ1v) is 14.9. The third-order valence-electron chi connectivity index (χ3n) is 8.70. The first kappa shape index (κ1) is 26.1. The fourth-order valence-electron chi connectivity index (χ4n) is 6.28. The molecular weight excluding hydrogens is 519 g/mol. The summed E-state index contributed by atoms with van der Waals surface area (Å²) in [5, 5.41) is 3.40. The number of pyridine rings is 1. The van der Waals surface area contributed by atoms with E-state index in [4.69, 9.17) is 4.74 Å². The van der Waals surface area contributed by atoms with Gasteiger partial charge in [-0.25, -0.2) is 14.2 Å². The Morgan fingerprint density at radius 1 is 1.03 bits per heavy atom. The molecule has 1 aliphatic heterocycles. The Labute approximate surface area is 230 Å². The molecule has 0 radical (unpaired) electrons. The smallest absolute Gasteiger partial charge is 0.333 e. The maximum absolute atomic E-state index is 14.2. The number of rotatable bonds is 6. The van der Waals surface area contributed by atoms with Crippen molar-refractivity contribution in [2.75, 3.05) is 18.6 Å². The zero-order valence-electron chi connectivity index (χ0n) is 22.0. The summed E-state index contributed by atoms with van der Waals surface area (Å²) in [4.78, 5) is 44.8. The van der Waals surface area contributed by atoms with Crippen molar-refractivity contribution < 1.29 is 13.9 Å². The van der Waals surface area contributed by atoms with Crippen molar-refractivity contribution in [3.63, 3.8) is 0 Å². The standard InChI is InChI=1S/C29H33FN4O4S/c1-38-23-8-2-18(3-9-23)29(12-13-29)27(36)32-20-4-6-21(7-5-20)34-26(35)24-16-19(30)17-31-25(24)33(28(34)37)22-10-14-39-15-11-22/h2-3,8-9,16-17,20-22H,4-7,10-15H2,1H3,(H,32,36)/t20-,21+. The van der Waals surface area contributed by atoms with Crippen LogP contribution in [0.2, 0.25) is 0 Å². The summed E-state index contributed by atoms with van der Waals surface area (Å²) in [6.45, 7) is 0. The van der Waals surface area contributed by atoms with Crippen LogP contribution in [0.15, 0.2) is 46.1 Å². The third kappa shape index (κ3) is 4.77. The number of nitrogens with one attached hydrogen (secondary N) is 1. The largest absolute Gasteiger partial charge is 0.497 e. The van der Waals surface area contributed by atoms with Crippen LogP contribution in [-0.4, -0.2) is 44.7 Å². The fourth-order valence-corrected chi connectivity index (χ4v) is 7.36. The highest BCUT2D eigenvalue weighted by Crippen LogP contribution is 2.49. The van der Waals surface area contributed by atoms with Crippen molar-refractivity contribution >= 4 is 28.7 Å². The van der Waals surface area contributed by atoms with E-state index in [-0.39, 0.29) is 40.8 Å². The van der Waals surface area contributed by atoms with Gasteiger partial charge in [0.15, 0.2) is 0 Å². The highest BCUT2D eigenvalue weighted by atomic mass is 32.2. The quantitative estimate of drug-likeness (QED) is 0.495. The lowest BCUT2D eigenvalue weighted by Crippen LogP contribution is -2.47. The summed E-state index contributed by atoms with van der Waals surface area (Å²) < 4.78 is 22.4. The molecule has 206 valence electrons. The molecule has 3 aromatic rings. The Morgan fingerprint density at radius 2 is 1.69 bits per heavy atom. The van der Waals surface area contributed by atoms with Gasteiger partial charge in [0.25, 0.3) is 5.56 Å². The Hall–Kier alpha value is -3.14. The number of halogens is 1. The number of thioether (sulfide) groups is 1. The van der Waals surface area contributed by atoms with Gasteiger partial charge in [0.1, 0.15) is 17.2 Å². The average Bonchev–Trinajstić information content (AvgIpc) is 3.77. The number of fused-ring (bicyclic) bond motifs is 1. The number of hydrogen-bond acceptors (Lipinski definition) is 6. The third-order valence-corrected chi connectivity index (χ3v) is 9.75. The van der Waals surface area contributed by atoms with Crippen molar-refractivity contribution in [2.24, 2.45) is 0 Å². The van der Waals surface area contributed by atoms with Crippen LogP contribution in [0, 0.1) is 5.82 Å². The van der Waals surface area contributed by atoms with Crippen molar-refractivity contribution in [1.82, 2.24) is 19.4 Å². The van der Waals surface area contributed by atoms with Crippen molar-refractivity contribution in [3.05, 3.63) is 68.7 Å². The SMILES string of the molecule is COc1ccc(C2(C(=O)N[C@H]3CC[C@@H](n4c(=O)c5cc(F)cnc5n(C5CCSCC5)c4=O)CC3)CC2)cc1. The molecule has 6 rings (SSSR count). The molecule has 2 aromatic heterocycles. The number of aromatic nitrogens is 3. The van der Waals surface area contributed by atoms with E-state index in [2.05, 4.69) is 10.3 Å². The van der Waals surface area contributed by atoms with Crippen LogP contribution in [0.25, 0.3) is 11.0 Å². The molecule has 0 bridgehead atoms. The second kappa shape index (κ2) is 10.4. The summed E-state index contributed by atoms with van der Waals surface area (Å²) in [5.74, 6) is 2.08. The number of nitrogens with zero attached hydrogens (tertiary/aromatic N) is 3. The number of benzene rings is 1. The highest BCUT2D eigenvalue weighted by molar-refractivity contribution is 7.99. The molecule has 3 fully saturated rings. The number of carbonyl (C=O) groups is 1. The predicted octanol–water partition coefficient (Wildman–Crippen LogP) is 4.11. The molecule has 1 saturated heterocycles. The molecular formula is C29H33FN4O4S. The number of amides is 1. The molecule has 1 aromatic carbocycles. The predicted molar refractivity (Wildman–Crippen MR) is 149 cm³/mol. The van der Waals surface area contributed by atoms with Gasteiger partial charge in [0.05, 0.1) is 24.1 Å². The summed E-state index contributed by atoms with van der Waals surface area (Å²) in [5.41, 5.74) is -0.0464. The van der Waals surface area contributed by atoms with Crippen LogP contribution in [0.3, 0.4) is 0 Å². The number of carbonyl (C=O) groups excluding carboxylic acids is 1. The molecule has 0 atom stereocenters. The van der Waals surface area contributed by atoms with Crippen LogP contribution >= 0.6 is 11.8 Å². The van der Waals surface area contributed by atoms with Gasteiger partial charge in [-0.05, 0) is 86.6 Å². The first-order valence-electron chi connectivity index (χ1n) is 13.8. The molecule has 0 unspecified atom stereocenters. The van der Waals surface area contributed by atoms with Crippen molar-refractivity contribution in [2.45, 2.75) is 74.9 Å². The van der Waals surface area contributed by atoms with Gasteiger partial charge in [0.2, 0.25) is 5.91 Å². The van der Waals surface area contributed by atoms with E-state index >= 15 is 0 Å². The van der Waals surface area contributed by atoms with E-state index in [1.165, 1.54) is 10.6 Å². The van der Waals surface area contributed by atoms with E-state index in [0.29, 0.717) is 25.7 Å². The average molecular weight is 553 g/mol. The van der Waals surface area contributed by atoms with E-state index in [1.54, 1.807) is 11.7 Å². The minimum atomic E-state index is -0.590. The minimum absolute atomic E-state index is 0.0164. The Balaban J connectivity index is 1.22. The molecule has 39 heavy (non-hydrogen) atoms. The van der Waals surface area contributed by atoms with Crippen molar-refractivity contribution in [1.29, 1.82) is 0 Å². The van der Waals surface area contributed by atoms with Crippen molar-refractivity contribution in [3.8, 4) is 5.75 Å². The maximum Gasteiger partial charge on any atom is 0.333 e. The molecule has 3 heterocycles. The zero-order valence-corrected chi connectivity index (χ0v) is 22.8. The summed E-state index contributed by atoms with van der Waals surface area (Å²) in [6, 6.07) is 8.52. The van der Waals surface area contributed by atoms with Crippen LogP contribution in [-0.2, 0) is 10.2 Å². The Morgan fingerprint density at radius 3 is 2.33 bits per heavy atom. The molecule has 3 aliphatic rings. The zero-order chi connectivity index (χ0) is 27.1. The van der Waals surface area contributed by atoms with Gasteiger partial charge in [-0.1, -0.05) is 12.1 Å². The van der Waals surface area contributed by atoms with Gasteiger partial charge in [0, 0.05) is 18.1 Å². The summed E-state index contributed by atoms with van der Waals surface area (Å²) in [7, 11) is 1.62. The molecule has 8 nitrogen and oxygen atoms in total. The molecule has 1 N–H and O–H groups in total. The fraction of sp³-hybridized carbons (Fsp3) is 0.517. The first-order chi connectivity index (χ1) is 18.9. The molecule has 10 heteroatoms. The van der Waals surface area contributed by atoms with Crippen LogP contribution in [0.1, 0.15) is 69.0 Å². The lowest BCUT2D eigenvalue weighted by Gasteiger charge is -2.32.